The van der Waals surface area contributed by atoms with E-state index in [4.69, 9.17) is 21.7 Å². The van der Waals surface area contributed by atoms with Gasteiger partial charge in [-0.1, -0.05) is 0 Å². The van der Waals surface area contributed by atoms with Gasteiger partial charge in [-0.15, -0.1) is 0 Å². The minimum Gasteiger partial charge on any atom is -0.480 e. The van der Waals surface area contributed by atoms with Gasteiger partial charge in [0.1, 0.15) is 6.04 Å². The number of nitrogens with two attached hydrogens (primary N) is 2. The predicted octanol–water partition coefficient (Wildman–Crippen LogP) is -4.15. The van der Waals surface area contributed by atoms with Gasteiger partial charge in [-0.25, -0.2) is 4.79 Å². The summed E-state index contributed by atoms with van der Waals surface area (Å²) in [5.74, 6) is -7.33. The maximum Gasteiger partial charge on any atom is 0.326 e. The quantitative estimate of drug-likeness (QED) is 0.0361. The van der Waals surface area contributed by atoms with Crippen LogP contribution in [0.2, 0.25) is 0 Å². The van der Waals surface area contributed by atoms with E-state index in [0.717, 1.165) is 9.80 Å². The molecule has 0 rings (SSSR count). The lowest BCUT2D eigenvalue weighted by atomic mass is 10.1. The summed E-state index contributed by atoms with van der Waals surface area (Å²) < 4.78 is 0. The molecule has 18 heteroatoms. The van der Waals surface area contributed by atoms with Gasteiger partial charge in [0.2, 0.25) is 5.91 Å². The van der Waals surface area contributed by atoms with Crippen LogP contribution in [0.25, 0.3) is 0 Å². The van der Waals surface area contributed by atoms with Crippen molar-refractivity contribution in [2.45, 2.75) is 18.9 Å². The molecule has 0 saturated carbocycles. The molecule has 216 valence electrons. The Bertz CT molecular complexity index is 848. The molecule has 0 heterocycles. The largest absolute Gasteiger partial charge is 0.480 e. The maximum atomic E-state index is 12.4. The number of nitrogens with one attached hydrogen (secondary N) is 1. The first-order valence-corrected chi connectivity index (χ1v) is 11.3. The van der Waals surface area contributed by atoms with E-state index in [-0.39, 0.29) is 51.5 Å². The van der Waals surface area contributed by atoms with Crippen LogP contribution < -0.4 is 16.8 Å². The molecule has 1 atom stereocenters. The molecule has 18 nitrogen and oxygen atoms in total. The summed E-state index contributed by atoms with van der Waals surface area (Å²) in [6, 6.07) is -1.28. The van der Waals surface area contributed by atoms with Gasteiger partial charge in [-0.3, -0.25) is 43.7 Å². The highest BCUT2D eigenvalue weighted by atomic mass is 16.4. The van der Waals surface area contributed by atoms with Crippen molar-refractivity contribution in [1.82, 2.24) is 20.0 Å². The number of aliphatic imine (C=N–C) groups is 1. The molecule has 0 radical (unpaired) electrons. The third kappa shape index (κ3) is 18.3. The molecule has 0 aliphatic heterocycles. The number of hydrogen-bond acceptors (Lipinski definition) is 10. The number of carboxylic acids is 5. The second-order valence-corrected chi connectivity index (χ2v) is 8.18. The van der Waals surface area contributed by atoms with Crippen molar-refractivity contribution in [3.8, 4) is 0 Å². The minimum absolute atomic E-state index is 0.00631. The molecule has 0 aromatic rings. The molecule has 0 aromatic carbocycles. The summed E-state index contributed by atoms with van der Waals surface area (Å²) >= 11 is 0. The van der Waals surface area contributed by atoms with Gasteiger partial charge in [-0.05, 0) is 12.8 Å². The summed E-state index contributed by atoms with van der Waals surface area (Å²) in [5.41, 5.74) is 10.4. The molecular weight excluding hydrogens is 514 g/mol. The molecule has 0 aliphatic rings. The highest BCUT2D eigenvalue weighted by molar-refractivity contribution is 5.85. The molecule has 0 aromatic heterocycles. The van der Waals surface area contributed by atoms with Crippen molar-refractivity contribution in [3.05, 3.63) is 0 Å². The third-order valence-electron chi connectivity index (χ3n) is 4.85. The van der Waals surface area contributed by atoms with E-state index in [2.05, 4.69) is 10.3 Å². The van der Waals surface area contributed by atoms with E-state index < -0.39 is 74.5 Å². The Morgan fingerprint density at radius 1 is 0.658 bits per heavy atom. The van der Waals surface area contributed by atoms with Crippen molar-refractivity contribution < 1.29 is 54.3 Å². The standard InChI is InChI=1S/C20H35N7O11/c21-20(22)23-3-1-2-13(19(37)38)24-14(28)8-26(10-16(31)32)6-4-25(9-15(29)30)5-7-27(11-17(33)34)12-18(35)36/h13H,1-12H2,(H,24,28)(H,29,30)(H,31,32)(H,33,34)(H,35,36)(H,37,38)(H4,21,22,23)/t13-/m0/s1. The van der Waals surface area contributed by atoms with Crippen LogP contribution in [-0.2, 0) is 28.8 Å². The average molecular weight is 550 g/mol. The first kappa shape index (κ1) is 34.0. The van der Waals surface area contributed by atoms with Crippen molar-refractivity contribution in [1.29, 1.82) is 0 Å². The molecule has 0 spiro atoms. The van der Waals surface area contributed by atoms with E-state index >= 15 is 0 Å². The summed E-state index contributed by atoms with van der Waals surface area (Å²) in [5, 5.41) is 47.9. The Morgan fingerprint density at radius 2 is 1.05 bits per heavy atom. The Hall–Kier alpha value is -4.03. The lowest BCUT2D eigenvalue weighted by Crippen LogP contribution is -2.49. The Labute approximate surface area is 217 Å². The number of carbonyl (C=O) groups excluding carboxylic acids is 1. The Kier molecular flexibility index (Phi) is 16.3. The van der Waals surface area contributed by atoms with Crippen LogP contribution in [0, 0.1) is 0 Å². The zero-order valence-electron chi connectivity index (χ0n) is 20.7. The van der Waals surface area contributed by atoms with Crippen molar-refractivity contribution in [2.24, 2.45) is 16.5 Å². The van der Waals surface area contributed by atoms with Crippen LogP contribution >= 0.6 is 0 Å². The van der Waals surface area contributed by atoms with Gasteiger partial charge in [-0.2, -0.15) is 0 Å². The molecule has 0 bridgehead atoms. The number of aliphatic carboxylic acids is 5. The van der Waals surface area contributed by atoms with E-state index in [1.54, 1.807) is 0 Å². The van der Waals surface area contributed by atoms with Crippen LogP contribution in [0.1, 0.15) is 12.8 Å². The summed E-state index contributed by atoms with van der Waals surface area (Å²) in [7, 11) is 0. The lowest BCUT2D eigenvalue weighted by molar-refractivity contribution is -0.143. The monoisotopic (exact) mass is 549 g/mol. The number of rotatable bonds is 22. The van der Waals surface area contributed by atoms with Crippen LogP contribution in [-0.4, -0.2) is 153 Å². The van der Waals surface area contributed by atoms with Crippen molar-refractivity contribution in [3.63, 3.8) is 0 Å². The molecule has 0 unspecified atom stereocenters. The molecule has 0 aliphatic carbocycles. The van der Waals surface area contributed by atoms with E-state index in [1.165, 1.54) is 4.90 Å². The zero-order chi connectivity index (χ0) is 29.3. The SMILES string of the molecule is NC(N)=NCCC[C@H](NC(=O)CN(CCN(CCN(CC(=O)O)CC(=O)O)CC(=O)O)CC(=O)O)C(=O)O. The molecule has 0 fully saturated rings. The maximum absolute atomic E-state index is 12.4. The predicted molar refractivity (Wildman–Crippen MR) is 129 cm³/mol. The van der Waals surface area contributed by atoms with Gasteiger partial charge in [0, 0.05) is 32.7 Å². The zero-order valence-corrected chi connectivity index (χ0v) is 20.7. The molecular formula is C20H35N7O11. The van der Waals surface area contributed by atoms with Gasteiger partial charge in [0.15, 0.2) is 5.96 Å². The van der Waals surface area contributed by atoms with Gasteiger partial charge in [0.25, 0.3) is 0 Å². The van der Waals surface area contributed by atoms with Gasteiger partial charge >= 0.3 is 29.8 Å². The highest BCUT2D eigenvalue weighted by Crippen LogP contribution is 2.01. The number of carbonyl (C=O) groups is 6. The van der Waals surface area contributed by atoms with Crippen LogP contribution in [0.15, 0.2) is 4.99 Å². The van der Waals surface area contributed by atoms with Crippen LogP contribution in [0.4, 0.5) is 0 Å². The summed E-state index contributed by atoms with van der Waals surface area (Å²) in [6.07, 6.45) is 0.255. The van der Waals surface area contributed by atoms with E-state index in [9.17, 15) is 44.1 Å². The minimum atomic E-state index is -1.31. The van der Waals surface area contributed by atoms with Crippen LogP contribution in [0.3, 0.4) is 0 Å². The second kappa shape index (κ2) is 18.3. The number of hydrogen-bond donors (Lipinski definition) is 8. The van der Waals surface area contributed by atoms with Gasteiger partial charge < -0.3 is 42.3 Å². The topological polar surface area (TPSA) is 290 Å². The number of carboxylic acid groups (broad SMARTS) is 5. The first-order valence-electron chi connectivity index (χ1n) is 11.3. The highest BCUT2D eigenvalue weighted by Gasteiger charge is 2.23. The summed E-state index contributed by atoms with van der Waals surface area (Å²) in [6.45, 7) is -3.02. The number of amides is 1. The molecule has 1 amide bonds. The lowest BCUT2D eigenvalue weighted by Gasteiger charge is -2.27. The molecule has 10 N–H and O–H groups in total. The Balaban J connectivity index is 5.18. The Morgan fingerprint density at radius 3 is 1.45 bits per heavy atom. The fraction of sp³-hybridized carbons (Fsp3) is 0.650. The first-order chi connectivity index (χ1) is 17.7. The normalized spacial score (nSPS) is 11.8. The second-order valence-electron chi connectivity index (χ2n) is 8.18. The van der Waals surface area contributed by atoms with Crippen LogP contribution in [0.5, 0.6) is 0 Å². The van der Waals surface area contributed by atoms with Crippen molar-refractivity contribution in [2.75, 3.05) is 65.4 Å². The van der Waals surface area contributed by atoms with E-state index in [1.807, 2.05) is 0 Å². The van der Waals surface area contributed by atoms with Gasteiger partial charge in [0.05, 0.1) is 32.7 Å². The fourth-order valence-corrected chi connectivity index (χ4v) is 3.23. The number of nitrogens with zero attached hydrogens (tertiary/aromatic N) is 4. The van der Waals surface area contributed by atoms with E-state index in [0.29, 0.717) is 0 Å². The average Bonchev–Trinajstić information content (AvgIpc) is 2.75. The summed E-state index contributed by atoms with van der Waals surface area (Å²) in [4.78, 5) is 75.6. The molecule has 38 heavy (non-hydrogen) atoms. The van der Waals surface area contributed by atoms with Crippen molar-refractivity contribution >= 4 is 41.7 Å². The molecule has 0 saturated heterocycles. The smallest absolute Gasteiger partial charge is 0.326 e. The third-order valence-corrected chi connectivity index (χ3v) is 4.85. The number of guanidine groups is 1. The fourth-order valence-electron chi connectivity index (χ4n) is 3.23.